The highest BCUT2D eigenvalue weighted by Crippen LogP contribution is 2.34. The predicted molar refractivity (Wildman–Crippen MR) is 134 cm³/mol. The van der Waals surface area contributed by atoms with E-state index in [1.807, 2.05) is 26.1 Å². The Morgan fingerprint density at radius 1 is 1.24 bits per heavy atom. The van der Waals surface area contributed by atoms with Crippen LogP contribution in [0.3, 0.4) is 0 Å². The molecule has 0 saturated heterocycles. The number of carbonyl (C=O) groups is 1. The lowest BCUT2D eigenvalue weighted by molar-refractivity contribution is 0.246. The van der Waals surface area contributed by atoms with Gasteiger partial charge in [0, 0.05) is 27.9 Å². The van der Waals surface area contributed by atoms with Crippen molar-refractivity contribution in [3.05, 3.63) is 69.5 Å². The molecule has 0 unspecified atom stereocenters. The molecule has 2 aromatic heterocycles. The molecule has 1 aliphatic rings. The second-order valence-electron chi connectivity index (χ2n) is 8.29. The van der Waals surface area contributed by atoms with E-state index in [9.17, 15) is 4.79 Å². The molecule has 2 N–H and O–H groups in total. The van der Waals surface area contributed by atoms with Crippen molar-refractivity contribution in [1.82, 2.24) is 29.6 Å². The highest BCUT2D eigenvalue weighted by molar-refractivity contribution is 7.98. The molecule has 1 aromatic carbocycles. The number of nitrogens with zero attached hydrogens (tertiary/aromatic N) is 4. The average Bonchev–Trinajstić information content (AvgIpc) is 3.45. The first-order valence-corrected chi connectivity index (χ1v) is 12.5. The van der Waals surface area contributed by atoms with E-state index in [0.717, 1.165) is 46.5 Å². The quantitative estimate of drug-likeness (QED) is 0.371. The molecule has 7 nitrogen and oxygen atoms in total. The molecule has 180 valence electrons. The smallest absolute Gasteiger partial charge is 0.325 e. The van der Waals surface area contributed by atoms with E-state index in [1.54, 1.807) is 33.9 Å². The molecule has 0 bridgehead atoms. The second kappa shape index (κ2) is 10.8. The fourth-order valence-corrected chi connectivity index (χ4v) is 4.80. The lowest BCUT2D eigenvalue weighted by Crippen LogP contribution is -2.32. The number of benzene rings is 1. The number of amides is 2. The molecule has 0 saturated carbocycles. The Labute approximate surface area is 211 Å². The third kappa shape index (κ3) is 5.76. The largest absolute Gasteiger partial charge is 0.331 e. The van der Waals surface area contributed by atoms with Crippen LogP contribution in [0.5, 0.6) is 0 Å². The molecule has 0 aliphatic heterocycles. The third-order valence-corrected chi connectivity index (χ3v) is 6.83. The molecule has 11 heteroatoms. The second-order valence-corrected chi connectivity index (χ2v) is 10.0. The van der Waals surface area contributed by atoms with E-state index in [0.29, 0.717) is 28.6 Å². The predicted octanol–water partition coefficient (Wildman–Crippen LogP) is 6.04. The Bertz CT molecular complexity index is 1220. The van der Waals surface area contributed by atoms with Crippen molar-refractivity contribution in [1.29, 1.82) is 0 Å². The summed E-state index contributed by atoms with van der Waals surface area (Å²) in [7, 11) is 0. The number of allylic oxidation sites excluding steroid dienone is 1. The van der Waals surface area contributed by atoms with Crippen molar-refractivity contribution in [2.24, 2.45) is 0 Å². The van der Waals surface area contributed by atoms with E-state index < -0.39 is 6.03 Å². The summed E-state index contributed by atoms with van der Waals surface area (Å²) in [4.78, 5) is 13.0. The molecular weight excluding hydrogens is 498 g/mol. The van der Waals surface area contributed by atoms with Gasteiger partial charge in [-0.15, -0.1) is 0 Å². The molecule has 0 radical (unpaired) electrons. The number of nitrogens with one attached hydrogen (secondary N) is 2. The molecule has 0 atom stereocenters. The number of aryl methyl sites for hydroxylation is 1. The zero-order valence-electron chi connectivity index (χ0n) is 18.8. The Morgan fingerprint density at radius 2 is 2.06 bits per heavy atom. The molecular formula is C23H25Cl2FN6OS. The number of fused-ring (bicyclic) bond motifs is 1. The lowest BCUT2D eigenvalue weighted by atomic mass is 9.92. The number of urea groups is 1. The Kier molecular flexibility index (Phi) is 7.85. The van der Waals surface area contributed by atoms with Gasteiger partial charge in [0.2, 0.25) is 0 Å². The molecule has 0 fully saturated rings. The van der Waals surface area contributed by atoms with Crippen LogP contribution in [0.15, 0.2) is 47.5 Å². The molecule has 34 heavy (non-hydrogen) atoms. The maximum absolute atomic E-state index is 15.2. The standard InChI is InChI=1S/C23H25Cl2FN6OS/c1-14(2)31-13-18(10-29-31)34-30-23(33)27-11-21(26)19-5-3-4-15-9-28-32(22(15)19)12-16-6-7-17(24)8-20(16)25/h6-10,13-14H,3-5,11-12H2,1-2H3,(H2,27,30,33)/b21-19-. The summed E-state index contributed by atoms with van der Waals surface area (Å²) in [6.45, 7) is 4.23. The maximum Gasteiger partial charge on any atom is 0.325 e. The van der Waals surface area contributed by atoms with Crippen LogP contribution in [0.4, 0.5) is 9.18 Å². The van der Waals surface area contributed by atoms with E-state index in [2.05, 4.69) is 20.2 Å². The zero-order chi connectivity index (χ0) is 24.2. The van der Waals surface area contributed by atoms with Gasteiger partial charge in [-0.25, -0.2) is 9.18 Å². The molecule has 4 rings (SSSR count). The Balaban J connectivity index is 1.42. The van der Waals surface area contributed by atoms with Gasteiger partial charge in [0.1, 0.15) is 5.83 Å². The lowest BCUT2D eigenvalue weighted by Gasteiger charge is -2.19. The minimum absolute atomic E-state index is 0.209. The van der Waals surface area contributed by atoms with Gasteiger partial charge < -0.3 is 5.32 Å². The van der Waals surface area contributed by atoms with Gasteiger partial charge in [-0.3, -0.25) is 14.1 Å². The van der Waals surface area contributed by atoms with E-state index in [1.165, 1.54) is 0 Å². The van der Waals surface area contributed by atoms with Crippen molar-refractivity contribution in [2.45, 2.75) is 50.6 Å². The maximum atomic E-state index is 15.2. The van der Waals surface area contributed by atoms with Crippen LogP contribution in [0.2, 0.25) is 10.0 Å². The summed E-state index contributed by atoms with van der Waals surface area (Å²) in [6, 6.07) is 5.05. The van der Waals surface area contributed by atoms with Crippen molar-refractivity contribution in [2.75, 3.05) is 6.54 Å². The van der Waals surface area contributed by atoms with Crippen LogP contribution < -0.4 is 10.0 Å². The van der Waals surface area contributed by atoms with E-state index >= 15 is 4.39 Å². The number of rotatable bonds is 7. The summed E-state index contributed by atoms with van der Waals surface area (Å²) in [5.41, 5.74) is 3.16. The number of halogens is 3. The summed E-state index contributed by atoms with van der Waals surface area (Å²) < 4.78 is 21.5. The summed E-state index contributed by atoms with van der Waals surface area (Å²) in [6.07, 6.45) is 7.52. The molecule has 2 amide bonds. The van der Waals surface area contributed by atoms with Crippen molar-refractivity contribution >= 4 is 46.8 Å². The van der Waals surface area contributed by atoms with Crippen LogP contribution in [0.25, 0.3) is 5.57 Å². The Hall–Kier alpha value is -2.49. The van der Waals surface area contributed by atoms with E-state index in [4.69, 9.17) is 23.2 Å². The summed E-state index contributed by atoms with van der Waals surface area (Å²) in [5, 5.41) is 12.4. The van der Waals surface area contributed by atoms with E-state index in [-0.39, 0.29) is 18.4 Å². The van der Waals surface area contributed by atoms with Crippen molar-refractivity contribution in [3.8, 4) is 0 Å². The number of hydrogen-bond acceptors (Lipinski definition) is 4. The number of carbonyl (C=O) groups excluding carboxylic acids is 1. The summed E-state index contributed by atoms with van der Waals surface area (Å²) >= 11 is 13.5. The van der Waals surface area contributed by atoms with Crippen LogP contribution >= 0.6 is 35.1 Å². The minimum Gasteiger partial charge on any atom is -0.331 e. The average molecular weight is 523 g/mol. The van der Waals surface area contributed by atoms with Gasteiger partial charge in [0.25, 0.3) is 0 Å². The normalized spacial score (nSPS) is 14.8. The zero-order valence-corrected chi connectivity index (χ0v) is 21.1. The SMILES string of the molecule is CC(C)n1cc(SNC(=O)NC/C(F)=C2\CCCc3cnn(Cc4ccc(Cl)cc4Cl)c32)cn1. The fourth-order valence-electron chi connectivity index (χ4n) is 3.79. The summed E-state index contributed by atoms with van der Waals surface area (Å²) in [5.74, 6) is -0.377. The van der Waals surface area contributed by atoms with Gasteiger partial charge in [0.05, 0.1) is 36.1 Å². The molecule has 0 spiro atoms. The highest BCUT2D eigenvalue weighted by Gasteiger charge is 2.24. The van der Waals surface area contributed by atoms with Crippen LogP contribution in [0, 0.1) is 0 Å². The molecule has 2 heterocycles. The van der Waals surface area contributed by atoms with Gasteiger partial charge in [0.15, 0.2) is 0 Å². The van der Waals surface area contributed by atoms with Crippen LogP contribution in [-0.2, 0) is 13.0 Å². The number of hydrogen-bond donors (Lipinski definition) is 2. The first-order valence-electron chi connectivity index (χ1n) is 10.9. The van der Waals surface area contributed by atoms with Crippen LogP contribution in [-0.4, -0.2) is 32.1 Å². The molecule has 3 aromatic rings. The Morgan fingerprint density at radius 3 is 2.79 bits per heavy atom. The molecule has 1 aliphatic carbocycles. The third-order valence-electron chi connectivity index (χ3n) is 5.51. The first-order chi connectivity index (χ1) is 16.3. The van der Waals surface area contributed by atoms with Gasteiger partial charge in [-0.1, -0.05) is 29.3 Å². The van der Waals surface area contributed by atoms with Gasteiger partial charge in [-0.2, -0.15) is 10.2 Å². The minimum atomic E-state index is -0.476. The van der Waals surface area contributed by atoms with Crippen molar-refractivity contribution in [3.63, 3.8) is 0 Å². The van der Waals surface area contributed by atoms with Crippen molar-refractivity contribution < 1.29 is 9.18 Å². The van der Waals surface area contributed by atoms with Crippen LogP contribution in [0.1, 0.15) is 49.6 Å². The van der Waals surface area contributed by atoms with Gasteiger partial charge in [-0.05, 0) is 68.3 Å². The first kappa shape index (κ1) is 24.6. The monoisotopic (exact) mass is 522 g/mol. The highest BCUT2D eigenvalue weighted by atomic mass is 35.5. The number of aromatic nitrogens is 4. The van der Waals surface area contributed by atoms with Gasteiger partial charge >= 0.3 is 6.03 Å². The topological polar surface area (TPSA) is 76.8 Å². The fraction of sp³-hybridized carbons (Fsp3) is 0.348.